The van der Waals surface area contributed by atoms with Crippen molar-refractivity contribution in [1.82, 2.24) is 0 Å². The Morgan fingerprint density at radius 1 is 1.16 bits per heavy atom. The van der Waals surface area contributed by atoms with Crippen molar-refractivity contribution in [2.45, 2.75) is 12.8 Å². The number of benzene rings is 2. The molecule has 0 aliphatic heterocycles. The predicted octanol–water partition coefficient (Wildman–Crippen LogP) is -0.966. The van der Waals surface area contributed by atoms with Gasteiger partial charge >= 0.3 is 29.6 Å². The van der Waals surface area contributed by atoms with Crippen LogP contribution in [0.2, 0.25) is 0 Å². The Morgan fingerprint density at radius 2 is 1.92 bits per heavy atom. The molecule has 0 fully saturated rings. The van der Waals surface area contributed by atoms with Crippen LogP contribution in [0.3, 0.4) is 0 Å². The zero-order valence-electron chi connectivity index (χ0n) is 14.3. The number of aliphatic carboxylic acids is 1. The Kier molecular flexibility index (Phi) is 8.99. The van der Waals surface area contributed by atoms with Crippen LogP contribution in [-0.4, -0.2) is 19.0 Å². The van der Waals surface area contributed by atoms with Gasteiger partial charge in [0.25, 0.3) is 0 Å². The van der Waals surface area contributed by atoms with Crippen molar-refractivity contribution >= 4 is 23.6 Å². The third kappa shape index (κ3) is 7.13. The average molecular weight is 347 g/mol. The van der Waals surface area contributed by atoms with Crippen molar-refractivity contribution in [2.75, 3.05) is 12.4 Å². The van der Waals surface area contributed by atoms with Crippen LogP contribution in [0.1, 0.15) is 17.5 Å². The second-order valence-electron chi connectivity index (χ2n) is 5.13. The van der Waals surface area contributed by atoms with Gasteiger partial charge in [0.1, 0.15) is 5.75 Å². The van der Waals surface area contributed by atoms with E-state index in [1.807, 2.05) is 24.3 Å². The summed E-state index contributed by atoms with van der Waals surface area (Å²) < 4.78 is 5.13. The molecule has 0 bridgehead atoms. The number of anilines is 1. The molecule has 0 atom stereocenters. The molecule has 0 saturated heterocycles. The van der Waals surface area contributed by atoms with Crippen LogP contribution in [0.25, 0.3) is 6.08 Å². The van der Waals surface area contributed by atoms with Crippen LogP contribution in [0.4, 0.5) is 5.69 Å². The molecule has 0 saturated carbocycles. The first kappa shape index (κ1) is 21.0. The van der Waals surface area contributed by atoms with Gasteiger partial charge in [0.2, 0.25) is 5.91 Å². The van der Waals surface area contributed by atoms with E-state index in [-0.39, 0.29) is 41.9 Å². The average Bonchev–Trinajstić information content (AvgIpc) is 2.59. The number of nitrogens with one attached hydrogen (secondary N) is 1. The monoisotopic (exact) mass is 347 g/mol. The number of carboxylic acids is 1. The van der Waals surface area contributed by atoms with Crippen molar-refractivity contribution < 1.29 is 49.0 Å². The number of hydrogen-bond acceptors (Lipinski definition) is 4. The summed E-state index contributed by atoms with van der Waals surface area (Å²) in [4.78, 5) is 22.7. The van der Waals surface area contributed by atoms with Crippen molar-refractivity contribution in [3.63, 3.8) is 0 Å². The summed E-state index contributed by atoms with van der Waals surface area (Å²) in [5.74, 6) is -0.696. The largest absolute Gasteiger partial charge is 1.00 e. The zero-order valence-corrected chi connectivity index (χ0v) is 16.3. The van der Waals surface area contributed by atoms with E-state index >= 15 is 0 Å². The van der Waals surface area contributed by atoms with Crippen molar-refractivity contribution in [2.24, 2.45) is 0 Å². The fraction of sp³-hybridized carbons (Fsp3) is 0.158. The number of carbonyl (C=O) groups is 2. The summed E-state index contributed by atoms with van der Waals surface area (Å²) in [6.07, 6.45) is 3.32. The van der Waals surface area contributed by atoms with E-state index in [9.17, 15) is 14.7 Å². The minimum Gasteiger partial charge on any atom is -0.550 e. The third-order valence-corrected chi connectivity index (χ3v) is 3.39. The van der Waals surface area contributed by atoms with Gasteiger partial charge in [0.15, 0.2) is 0 Å². The van der Waals surface area contributed by atoms with Crippen LogP contribution < -0.4 is 44.7 Å². The maximum absolute atomic E-state index is 12.1. The van der Waals surface area contributed by atoms with Gasteiger partial charge < -0.3 is 20.0 Å². The molecule has 0 spiro atoms. The molecule has 1 amide bonds. The Labute approximate surface area is 169 Å². The SMILES string of the molecule is COc1cccc(C=CC(=O)Nc2ccccc2CCC(=O)[O-])c1.[Na+]. The molecule has 0 unspecified atom stereocenters. The van der Waals surface area contributed by atoms with Crippen LogP contribution in [-0.2, 0) is 16.0 Å². The van der Waals surface area contributed by atoms with E-state index in [2.05, 4.69) is 5.32 Å². The fourth-order valence-corrected chi connectivity index (χ4v) is 2.19. The molecule has 0 aliphatic carbocycles. The van der Waals surface area contributed by atoms with Gasteiger partial charge in [0.05, 0.1) is 7.11 Å². The first-order valence-electron chi connectivity index (χ1n) is 7.49. The molecular formula is C19H18NNaO4. The molecule has 5 nitrogen and oxygen atoms in total. The van der Waals surface area contributed by atoms with Crippen molar-refractivity contribution in [3.8, 4) is 5.75 Å². The minimum absolute atomic E-state index is 0. The Bertz CT molecular complexity index is 759. The maximum atomic E-state index is 12.1. The van der Waals surface area contributed by atoms with Crippen LogP contribution in [0.15, 0.2) is 54.6 Å². The number of rotatable bonds is 7. The minimum atomic E-state index is -1.12. The van der Waals surface area contributed by atoms with Crippen molar-refractivity contribution in [3.05, 3.63) is 65.7 Å². The summed E-state index contributed by atoms with van der Waals surface area (Å²) in [5, 5.41) is 13.4. The number of carboxylic acid groups (broad SMARTS) is 1. The number of amides is 1. The summed E-state index contributed by atoms with van der Waals surface area (Å²) in [6.45, 7) is 0. The van der Waals surface area contributed by atoms with E-state index in [1.54, 1.807) is 37.5 Å². The topological polar surface area (TPSA) is 78.5 Å². The Morgan fingerprint density at radius 3 is 2.64 bits per heavy atom. The van der Waals surface area contributed by atoms with Crippen LogP contribution in [0, 0.1) is 0 Å². The van der Waals surface area contributed by atoms with Gasteiger partial charge in [-0.3, -0.25) is 4.79 Å². The second-order valence-corrected chi connectivity index (χ2v) is 5.13. The van der Waals surface area contributed by atoms with E-state index in [0.29, 0.717) is 17.9 Å². The van der Waals surface area contributed by atoms with Gasteiger partial charge in [-0.25, -0.2) is 0 Å². The first-order valence-corrected chi connectivity index (χ1v) is 7.49. The molecule has 2 aromatic carbocycles. The smallest absolute Gasteiger partial charge is 0.550 e. The van der Waals surface area contributed by atoms with E-state index in [4.69, 9.17) is 4.74 Å². The summed E-state index contributed by atoms with van der Waals surface area (Å²) in [7, 11) is 1.58. The molecule has 1 N–H and O–H groups in total. The van der Waals surface area contributed by atoms with Crippen LogP contribution in [0.5, 0.6) is 5.75 Å². The van der Waals surface area contributed by atoms with Gasteiger partial charge in [-0.1, -0.05) is 30.3 Å². The zero-order chi connectivity index (χ0) is 17.4. The maximum Gasteiger partial charge on any atom is 1.00 e. The van der Waals surface area contributed by atoms with Gasteiger partial charge in [-0.15, -0.1) is 0 Å². The standard InChI is InChI=1S/C19H19NO4.Na/c1-24-16-7-4-5-14(13-16)9-11-18(21)20-17-8-3-2-6-15(17)10-12-19(22)23;/h2-9,11,13H,10,12H2,1H3,(H,20,21)(H,22,23);/q;+1/p-1. The first-order chi connectivity index (χ1) is 11.6. The number of para-hydroxylation sites is 1. The van der Waals surface area contributed by atoms with Crippen LogP contribution >= 0.6 is 0 Å². The number of aryl methyl sites for hydroxylation is 1. The molecule has 25 heavy (non-hydrogen) atoms. The van der Waals surface area contributed by atoms with Gasteiger partial charge in [0, 0.05) is 17.7 Å². The summed E-state index contributed by atoms with van der Waals surface area (Å²) in [5.41, 5.74) is 2.19. The third-order valence-electron chi connectivity index (χ3n) is 3.39. The molecule has 0 aliphatic rings. The number of methoxy groups -OCH3 is 1. The predicted molar refractivity (Wildman–Crippen MR) is 90.4 cm³/mol. The Hall–Kier alpha value is -2.08. The fourth-order valence-electron chi connectivity index (χ4n) is 2.19. The number of ether oxygens (including phenoxy) is 1. The number of carbonyl (C=O) groups excluding carboxylic acids is 2. The molecule has 0 aromatic heterocycles. The molecule has 6 heteroatoms. The van der Waals surface area contributed by atoms with E-state index in [1.165, 1.54) is 6.08 Å². The van der Waals surface area contributed by atoms with Crippen molar-refractivity contribution in [1.29, 1.82) is 0 Å². The van der Waals surface area contributed by atoms with E-state index < -0.39 is 5.97 Å². The second kappa shape index (κ2) is 10.7. The molecule has 2 rings (SSSR count). The van der Waals surface area contributed by atoms with Gasteiger partial charge in [-0.05, 0) is 48.2 Å². The quantitative estimate of drug-likeness (QED) is 0.517. The molecule has 2 aromatic rings. The van der Waals surface area contributed by atoms with Gasteiger partial charge in [-0.2, -0.15) is 0 Å². The normalized spacial score (nSPS) is 10.1. The molecule has 124 valence electrons. The summed E-state index contributed by atoms with van der Waals surface area (Å²) in [6, 6.07) is 14.4. The molecule has 0 radical (unpaired) electrons. The Balaban J connectivity index is 0.00000312. The molecular weight excluding hydrogens is 329 g/mol. The number of hydrogen-bond donors (Lipinski definition) is 1. The van der Waals surface area contributed by atoms with E-state index in [0.717, 1.165) is 11.1 Å². The summed E-state index contributed by atoms with van der Waals surface area (Å²) >= 11 is 0. The molecule has 0 heterocycles.